The molecule has 0 saturated carbocycles. The van der Waals surface area contributed by atoms with E-state index in [2.05, 4.69) is 9.26 Å². The first kappa shape index (κ1) is 16.1. The van der Waals surface area contributed by atoms with Gasteiger partial charge in [0.05, 0.1) is 14.9 Å². The number of aromatic nitrogens is 2. The van der Waals surface area contributed by atoms with Crippen molar-refractivity contribution < 1.29 is 46.1 Å². The molecule has 12 nitrogen and oxygen atoms in total. The number of phosphoric ester groups is 1. The Hall–Kier alpha value is -1.44. The van der Waals surface area contributed by atoms with Crippen LogP contribution in [0.5, 0.6) is 0 Å². The van der Waals surface area contributed by atoms with Crippen LogP contribution < -0.4 is 11.2 Å². The topological polar surface area (TPSA) is 192 Å². The highest BCUT2D eigenvalue weighted by Crippen LogP contribution is 2.43. The Morgan fingerprint density at radius 2 is 2.12 bits per heavy atom. The van der Waals surface area contributed by atoms with Gasteiger partial charge in [-0.15, -0.1) is 0 Å². The minimum absolute atomic E-state index is 0.357. The first-order chi connectivity index (χ1) is 11.7. The second-order valence-electron chi connectivity index (χ2n) is 4.75. The molecule has 1 aliphatic heterocycles. The molecular formula is C10H14FN2O10P. The van der Waals surface area contributed by atoms with Crippen molar-refractivity contribution in [3.05, 3.63) is 32.6 Å². The summed E-state index contributed by atoms with van der Waals surface area (Å²) in [7, 11) is -5.59. The van der Waals surface area contributed by atoms with Gasteiger partial charge in [0.1, 0.15) is 18.8 Å². The molecule has 4 atom stereocenters. The maximum Gasteiger partial charge on any atom is 0.469 e. The van der Waals surface area contributed by atoms with Gasteiger partial charge in [0, 0.05) is 6.20 Å². The number of nitrogens with zero attached hydrogens (tertiary/aromatic N) is 1. The molecule has 136 valence electrons. The van der Waals surface area contributed by atoms with Crippen LogP contribution in [0.4, 0.5) is 4.39 Å². The summed E-state index contributed by atoms with van der Waals surface area (Å²) < 4.78 is 48.9. The minimum atomic E-state index is -5.59. The highest BCUT2D eigenvalue weighted by molar-refractivity contribution is 7.46. The van der Waals surface area contributed by atoms with Gasteiger partial charge in [-0.1, -0.05) is 0 Å². The van der Waals surface area contributed by atoms with E-state index in [1.807, 2.05) is 0 Å². The molecule has 14 heteroatoms. The molecular weight excluding hydrogens is 358 g/mol. The van der Waals surface area contributed by atoms with Crippen molar-refractivity contribution in [1.82, 2.24) is 9.55 Å². The van der Waals surface area contributed by atoms with Crippen LogP contribution in [0.2, 0.25) is 0 Å². The summed E-state index contributed by atoms with van der Waals surface area (Å²) in [6, 6.07) is 0. The van der Waals surface area contributed by atoms with E-state index in [9.17, 15) is 28.8 Å². The van der Waals surface area contributed by atoms with Crippen molar-refractivity contribution in [3.63, 3.8) is 0 Å². The molecule has 0 aliphatic carbocycles. The molecule has 6 N–H and O–H groups in total. The Kier molecular flexibility index (Phi) is 4.32. The lowest BCUT2D eigenvalue weighted by molar-refractivity contribution is -0.205. The smallest absolute Gasteiger partial charge is 0.391 e. The van der Waals surface area contributed by atoms with E-state index in [1.165, 1.54) is 0 Å². The molecule has 0 aromatic carbocycles. The third kappa shape index (κ3) is 3.63. The van der Waals surface area contributed by atoms with Gasteiger partial charge < -0.3 is 29.8 Å². The summed E-state index contributed by atoms with van der Waals surface area (Å²) in [6.07, 6.45) is -6.51. The first-order valence-electron chi connectivity index (χ1n) is 7.18. The Labute approximate surface area is 134 Å². The molecule has 24 heavy (non-hydrogen) atoms. The lowest BCUT2D eigenvalue weighted by atomic mass is 10.1. The Morgan fingerprint density at radius 3 is 2.67 bits per heavy atom. The predicted octanol–water partition coefficient (Wildman–Crippen LogP) is -2.95. The first-order valence-corrected chi connectivity index (χ1v) is 7.71. The summed E-state index contributed by atoms with van der Waals surface area (Å²) in [5.74, 6) is -4.01. The number of rotatable bonds is 5. The van der Waals surface area contributed by atoms with Crippen LogP contribution in [0, 0.1) is 0 Å². The van der Waals surface area contributed by atoms with Crippen LogP contribution in [0.1, 0.15) is 14.5 Å². The number of hydrogen-bond acceptors (Lipinski definition) is 8. The van der Waals surface area contributed by atoms with E-state index in [1.54, 1.807) is 4.98 Å². The van der Waals surface area contributed by atoms with E-state index in [-0.39, 0.29) is 0 Å². The Bertz CT molecular complexity index is 855. The van der Waals surface area contributed by atoms with Crippen LogP contribution in [0.3, 0.4) is 0 Å². The van der Waals surface area contributed by atoms with E-state index in [0.717, 1.165) is 0 Å². The van der Waals surface area contributed by atoms with Gasteiger partial charge in [-0.05, 0) is 0 Å². The molecule has 0 spiro atoms. The molecule has 2 heterocycles. The van der Waals surface area contributed by atoms with Crippen molar-refractivity contribution in [3.8, 4) is 0 Å². The SMILES string of the molecule is [2H]C([2H])(OP(=O)(O)O)[C@@]1(F)O[C@@H](n2cc(CO)c(=O)[nH]c2=O)[C@H](O)[C@@H]1O. The summed E-state index contributed by atoms with van der Waals surface area (Å²) in [5.41, 5.74) is -2.65. The summed E-state index contributed by atoms with van der Waals surface area (Å²) in [6.45, 7) is -4.81. The number of phosphoric acid groups is 1. The average Bonchev–Trinajstić information content (AvgIpc) is 2.71. The van der Waals surface area contributed by atoms with Gasteiger partial charge in [-0.3, -0.25) is 18.9 Å². The monoisotopic (exact) mass is 374 g/mol. The van der Waals surface area contributed by atoms with Gasteiger partial charge in [0.15, 0.2) is 6.23 Å². The number of alkyl halides is 1. The highest BCUT2D eigenvalue weighted by Gasteiger charge is 2.57. The number of halogens is 1. The highest BCUT2D eigenvalue weighted by atomic mass is 31.2. The van der Waals surface area contributed by atoms with Gasteiger partial charge in [-0.2, -0.15) is 0 Å². The zero-order valence-electron chi connectivity index (χ0n) is 13.6. The number of aromatic amines is 1. The molecule has 1 saturated heterocycles. The fourth-order valence-corrected chi connectivity index (χ4v) is 2.19. The van der Waals surface area contributed by atoms with Crippen LogP contribution >= 0.6 is 7.82 Å². The normalized spacial score (nSPS) is 32.5. The third-order valence-corrected chi connectivity index (χ3v) is 3.41. The van der Waals surface area contributed by atoms with Crippen LogP contribution in [-0.4, -0.2) is 59.3 Å². The fraction of sp³-hybridized carbons (Fsp3) is 0.600. The van der Waals surface area contributed by atoms with Crippen molar-refractivity contribution in [2.75, 3.05) is 6.56 Å². The molecule has 1 aliphatic rings. The molecule has 1 aromatic rings. The largest absolute Gasteiger partial charge is 0.469 e. The molecule has 2 rings (SSSR count). The van der Waals surface area contributed by atoms with Crippen molar-refractivity contribution in [2.45, 2.75) is 30.9 Å². The lowest BCUT2D eigenvalue weighted by Crippen LogP contribution is -2.43. The lowest BCUT2D eigenvalue weighted by Gasteiger charge is -2.22. The molecule has 0 unspecified atom stereocenters. The van der Waals surface area contributed by atoms with Gasteiger partial charge in [0.2, 0.25) is 0 Å². The molecule has 0 bridgehead atoms. The molecule has 0 radical (unpaired) electrons. The van der Waals surface area contributed by atoms with Gasteiger partial charge in [0.25, 0.3) is 11.4 Å². The number of aliphatic hydroxyl groups excluding tert-OH is 3. The van der Waals surface area contributed by atoms with E-state index in [4.69, 9.17) is 17.6 Å². The van der Waals surface area contributed by atoms with Crippen LogP contribution in [0.25, 0.3) is 0 Å². The number of aliphatic hydroxyl groups is 3. The van der Waals surface area contributed by atoms with E-state index >= 15 is 0 Å². The average molecular weight is 374 g/mol. The number of ether oxygens (including phenoxy) is 1. The molecule has 1 fully saturated rings. The second-order valence-corrected chi connectivity index (χ2v) is 5.92. The van der Waals surface area contributed by atoms with Gasteiger partial charge >= 0.3 is 13.5 Å². The fourth-order valence-electron chi connectivity index (χ4n) is 1.95. The molecule has 1 aromatic heterocycles. The summed E-state index contributed by atoms with van der Waals surface area (Å²) in [4.78, 5) is 42.3. The van der Waals surface area contributed by atoms with Crippen LogP contribution in [-0.2, 0) is 20.4 Å². The van der Waals surface area contributed by atoms with Crippen LogP contribution in [0.15, 0.2) is 15.8 Å². The predicted molar refractivity (Wildman–Crippen MR) is 71.2 cm³/mol. The standard InChI is InChI=1S/C10H14FN2O10P/c11-10(3-22-24(19,20)21)6(16)5(15)8(23-10)13-1-4(2-14)7(17)12-9(13)18/h1,5-6,8,14-16H,2-3H2,(H,12,17,18)(H2,19,20,21)/t5-,6+,8-,10-/m1/s1/i3D2. The summed E-state index contributed by atoms with van der Waals surface area (Å²) in [5, 5.41) is 28.7. The maximum absolute atomic E-state index is 14.9. The van der Waals surface area contributed by atoms with E-state index in [0.29, 0.717) is 10.8 Å². The Balaban J connectivity index is 2.49. The van der Waals surface area contributed by atoms with Crippen molar-refractivity contribution in [2.24, 2.45) is 0 Å². The molecule has 0 amide bonds. The number of nitrogens with one attached hydrogen (secondary N) is 1. The minimum Gasteiger partial charge on any atom is -0.391 e. The van der Waals surface area contributed by atoms with E-state index < -0.39 is 62.1 Å². The third-order valence-electron chi connectivity index (χ3n) is 3.08. The number of H-pyrrole nitrogens is 1. The quantitative estimate of drug-likeness (QED) is 0.290. The number of hydrogen-bond donors (Lipinski definition) is 6. The maximum atomic E-state index is 14.9. The zero-order valence-corrected chi connectivity index (χ0v) is 12.5. The van der Waals surface area contributed by atoms with Crippen molar-refractivity contribution >= 4 is 7.82 Å². The summed E-state index contributed by atoms with van der Waals surface area (Å²) >= 11 is 0. The van der Waals surface area contributed by atoms with Gasteiger partial charge in [-0.25, -0.2) is 13.8 Å². The second kappa shape index (κ2) is 6.46. The van der Waals surface area contributed by atoms with Crippen molar-refractivity contribution in [1.29, 1.82) is 0 Å². The Morgan fingerprint density at radius 1 is 1.50 bits per heavy atom. The zero-order chi connectivity index (χ0) is 20.1.